The Bertz CT molecular complexity index is 1130. The van der Waals surface area contributed by atoms with Crippen LogP contribution in [0.3, 0.4) is 0 Å². The number of nitrogens with zero attached hydrogens (tertiary/aromatic N) is 3. The van der Waals surface area contributed by atoms with Gasteiger partial charge in [0.05, 0.1) is 18.7 Å². The molecule has 2 aromatic carbocycles. The third-order valence-electron chi connectivity index (χ3n) is 5.18. The molecule has 0 saturated heterocycles. The molecule has 4 rings (SSSR count). The number of carbonyl (C=O) groups excluding carboxylic acids is 1. The molecular weight excluding hydrogens is 406 g/mol. The first-order chi connectivity index (χ1) is 15.2. The molecule has 4 aromatic rings. The van der Waals surface area contributed by atoms with E-state index in [2.05, 4.69) is 6.92 Å². The lowest BCUT2D eigenvalue weighted by Gasteiger charge is -2.22. The predicted molar refractivity (Wildman–Crippen MR) is 127 cm³/mol. The summed E-state index contributed by atoms with van der Waals surface area (Å²) in [6.07, 6.45) is 4.39. The van der Waals surface area contributed by atoms with Crippen molar-refractivity contribution in [1.29, 1.82) is 0 Å². The Labute approximate surface area is 186 Å². The summed E-state index contributed by atoms with van der Waals surface area (Å²) >= 11 is 1.56. The van der Waals surface area contributed by atoms with Gasteiger partial charge in [-0.1, -0.05) is 31.5 Å². The van der Waals surface area contributed by atoms with Crippen LogP contribution in [-0.2, 0) is 11.2 Å². The lowest BCUT2D eigenvalue weighted by atomic mass is 10.1. The van der Waals surface area contributed by atoms with Crippen molar-refractivity contribution in [1.82, 2.24) is 9.38 Å². The van der Waals surface area contributed by atoms with Gasteiger partial charge in [0.15, 0.2) is 4.96 Å². The molecule has 1 amide bonds. The number of para-hydroxylation sites is 1. The summed E-state index contributed by atoms with van der Waals surface area (Å²) in [5.41, 5.74) is 3.85. The largest absolute Gasteiger partial charge is 0.494 e. The van der Waals surface area contributed by atoms with Crippen molar-refractivity contribution in [2.24, 2.45) is 0 Å². The first-order valence-electron chi connectivity index (χ1n) is 10.7. The lowest BCUT2D eigenvalue weighted by Crippen LogP contribution is -2.33. The van der Waals surface area contributed by atoms with E-state index in [1.807, 2.05) is 82.4 Å². The number of imidazole rings is 1. The molecule has 0 saturated carbocycles. The summed E-state index contributed by atoms with van der Waals surface area (Å²) in [5.74, 6) is 0.960. The van der Waals surface area contributed by atoms with Crippen LogP contribution in [0.15, 0.2) is 66.2 Å². The molecule has 0 atom stereocenters. The molecule has 0 fully saturated rings. The summed E-state index contributed by atoms with van der Waals surface area (Å²) in [6.45, 7) is 5.49. The number of hydrogen-bond donors (Lipinski definition) is 0. The second-order valence-electron chi connectivity index (χ2n) is 7.37. The van der Waals surface area contributed by atoms with Gasteiger partial charge in [-0.3, -0.25) is 9.20 Å². The van der Waals surface area contributed by atoms with Gasteiger partial charge >= 0.3 is 0 Å². The average molecular weight is 434 g/mol. The number of ether oxygens (including phenoxy) is 1. The molecule has 0 aliphatic heterocycles. The van der Waals surface area contributed by atoms with Crippen LogP contribution in [0.25, 0.3) is 16.2 Å². The van der Waals surface area contributed by atoms with E-state index in [0.29, 0.717) is 13.0 Å². The van der Waals surface area contributed by atoms with Crippen molar-refractivity contribution in [3.8, 4) is 17.0 Å². The number of amides is 1. The van der Waals surface area contributed by atoms with Gasteiger partial charge in [0, 0.05) is 35.1 Å². The molecule has 0 spiro atoms. The minimum atomic E-state index is 0.107. The smallest absolute Gasteiger partial charge is 0.232 e. The first-order valence-corrected chi connectivity index (χ1v) is 11.6. The number of rotatable bonds is 9. The van der Waals surface area contributed by atoms with Crippen LogP contribution in [-0.4, -0.2) is 28.4 Å². The van der Waals surface area contributed by atoms with E-state index in [9.17, 15) is 4.79 Å². The van der Waals surface area contributed by atoms with E-state index in [4.69, 9.17) is 9.72 Å². The number of hydrogen-bond acceptors (Lipinski definition) is 4. The fourth-order valence-corrected chi connectivity index (χ4v) is 4.43. The monoisotopic (exact) mass is 433 g/mol. The number of fused-ring (bicyclic) bond motifs is 1. The van der Waals surface area contributed by atoms with Crippen molar-refractivity contribution in [3.05, 3.63) is 71.9 Å². The number of thiazole rings is 1. The number of unbranched alkanes of at least 4 members (excludes halogenated alkanes) is 1. The summed E-state index contributed by atoms with van der Waals surface area (Å²) in [6, 6.07) is 17.9. The molecule has 5 nitrogen and oxygen atoms in total. The van der Waals surface area contributed by atoms with Crippen LogP contribution >= 0.6 is 11.3 Å². The van der Waals surface area contributed by atoms with Gasteiger partial charge in [0.1, 0.15) is 5.75 Å². The summed E-state index contributed by atoms with van der Waals surface area (Å²) in [7, 11) is 0. The van der Waals surface area contributed by atoms with Crippen molar-refractivity contribution >= 4 is 27.9 Å². The topological polar surface area (TPSA) is 46.8 Å². The fourth-order valence-electron chi connectivity index (χ4n) is 3.56. The van der Waals surface area contributed by atoms with Crippen LogP contribution in [0, 0.1) is 0 Å². The normalized spacial score (nSPS) is 11.0. The van der Waals surface area contributed by atoms with Crippen LogP contribution < -0.4 is 9.64 Å². The highest BCUT2D eigenvalue weighted by atomic mass is 32.1. The van der Waals surface area contributed by atoms with E-state index in [0.717, 1.165) is 52.7 Å². The quantitative estimate of drug-likeness (QED) is 0.333. The standard InChI is InChI=1S/C25H27N3O2S/c1-3-5-15-27(20-9-7-6-8-10-20)24(29)16-21-18-31-25-26-23(17-28(21)25)19-11-13-22(14-12-19)30-4-2/h6-14,17-18H,3-5,15-16H2,1-2H3. The third-order valence-corrected chi connectivity index (χ3v) is 6.07. The Hall–Kier alpha value is -3.12. The highest BCUT2D eigenvalue weighted by molar-refractivity contribution is 7.15. The molecule has 2 aromatic heterocycles. The second kappa shape index (κ2) is 9.79. The molecule has 0 N–H and O–H groups in total. The Balaban J connectivity index is 1.56. The average Bonchev–Trinajstić information content (AvgIpc) is 3.38. The van der Waals surface area contributed by atoms with Crippen molar-refractivity contribution < 1.29 is 9.53 Å². The Morgan fingerprint density at radius 3 is 2.58 bits per heavy atom. The number of aromatic nitrogens is 2. The zero-order valence-corrected chi connectivity index (χ0v) is 18.8. The zero-order valence-electron chi connectivity index (χ0n) is 18.0. The van der Waals surface area contributed by atoms with Crippen LogP contribution in [0.1, 0.15) is 32.4 Å². The molecule has 0 radical (unpaired) electrons. The highest BCUT2D eigenvalue weighted by Crippen LogP contribution is 2.26. The van der Waals surface area contributed by atoms with Gasteiger partial charge in [-0.05, 0) is 49.7 Å². The number of anilines is 1. The molecule has 0 unspecified atom stereocenters. The SMILES string of the molecule is CCCCN(C(=O)Cc1csc2nc(-c3ccc(OCC)cc3)cn12)c1ccccc1. The maximum Gasteiger partial charge on any atom is 0.232 e. The molecule has 0 aliphatic rings. The fraction of sp³-hybridized carbons (Fsp3) is 0.280. The van der Waals surface area contributed by atoms with Gasteiger partial charge in [-0.25, -0.2) is 4.98 Å². The molecule has 0 bridgehead atoms. The Kier molecular flexibility index (Phi) is 6.67. The highest BCUT2D eigenvalue weighted by Gasteiger charge is 2.18. The van der Waals surface area contributed by atoms with Crippen molar-refractivity contribution in [2.45, 2.75) is 33.1 Å². The molecule has 2 heterocycles. The van der Waals surface area contributed by atoms with Gasteiger partial charge < -0.3 is 9.64 Å². The molecule has 160 valence electrons. The number of benzene rings is 2. The maximum absolute atomic E-state index is 13.2. The first kappa shape index (κ1) is 21.1. The summed E-state index contributed by atoms with van der Waals surface area (Å²) < 4.78 is 7.56. The predicted octanol–water partition coefficient (Wildman–Crippen LogP) is 5.84. The van der Waals surface area contributed by atoms with Crippen LogP contribution in [0.5, 0.6) is 5.75 Å². The van der Waals surface area contributed by atoms with Crippen molar-refractivity contribution in [3.63, 3.8) is 0 Å². The minimum Gasteiger partial charge on any atom is -0.494 e. The van der Waals surface area contributed by atoms with Gasteiger partial charge in [-0.15, -0.1) is 11.3 Å². The Morgan fingerprint density at radius 1 is 1.10 bits per heavy atom. The third kappa shape index (κ3) is 4.80. The van der Waals surface area contributed by atoms with Gasteiger partial charge in [0.2, 0.25) is 5.91 Å². The maximum atomic E-state index is 13.2. The van der Waals surface area contributed by atoms with Gasteiger partial charge in [0.25, 0.3) is 0 Å². The van der Waals surface area contributed by atoms with E-state index in [1.165, 1.54) is 0 Å². The summed E-state index contributed by atoms with van der Waals surface area (Å²) in [4.78, 5) is 20.8. The number of carbonyl (C=O) groups is 1. The molecule has 6 heteroatoms. The second-order valence-corrected chi connectivity index (χ2v) is 8.21. The van der Waals surface area contributed by atoms with E-state index in [-0.39, 0.29) is 5.91 Å². The van der Waals surface area contributed by atoms with Crippen LogP contribution in [0.2, 0.25) is 0 Å². The van der Waals surface area contributed by atoms with Crippen molar-refractivity contribution in [2.75, 3.05) is 18.1 Å². The van der Waals surface area contributed by atoms with E-state index in [1.54, 1.807) is 11.3 Å². The zero-order chi connectivity index (χ0) is 21.6. The van der Waals surface area contributed by atoms with Crippen LogP contribution in [0.4, 0.5) is 5.69 Å². The van der Waals surface area contributed by atoms with E-state index >= 15 is 0 Å². The van der Waals surface area contributed by atoms with E-state index < -0.39 is 0 Å². The molecular formula is C25H27N3O2S. The lowest BCUT2D eigenvalue weighted by molar-refractivity contribution is -0.118. The van der Waals surface area contributed by atoms with Gasteiger partial charge in [-0.2, -0.15) is 0 Å². The Morgan fingerprint density at radius 2 is 1.87 bits per heavy atom. The molecule has 31 heavy (non-hydrogen) atoms. The molecule has 0 aliphatic carbocycles. The minimum absolute atomic E-state index is 0.107. The summed E-state index contributed by atoms with van der Waals surface area (Å²) in [5, 5.41) is 2.03.